The predicted molar refractivity (Wildman–Crippen MR) is 72.7 cm³/mol. The molecule has 1 fully saturated rings. The van der Waals surface area contributed by atoms with Crippen molar-refractivity contribution in [2.24, 2.45) is 0 Å². The van der Waals surface area contributed by atoms with E-state index in [-0.39, 0.29) is 18.1 Å². The molecule has 17 heavy (non-hydrogen) atoms. The average Bonchev–Trinajstić information content (AvgIpc) is 2.89. The monoisotopic (exact) mass is 317 g/mol. The fourth-order valence-electron chi connectivity index (χ4n) is 1.94. The number of thiophene rings is 1. The van der Waals surface area contributed by atoms with E-state index in [2.05, 4.69) is 21.2 Å². The molecular formula is C12H16BrNO2S. The predicted octanol–water partition coefficient (Wildman–Crippen LogP) is 3.12. The van der Waals surface area contributed by atoms with E-state index < -0.39 is 0 Å². The number of halogens is 1. The second-order valence-electron chi connectivity index (χ2n) is 4.38. The van der Waals surface area contributed by atoms with E-state index in [0.29, 0.717) is 0 Å². The van der Waals surface area contributed by atoms with Crippen molar-refractivity contribution in [3.05, 3.63) is 20.3 Å². The minimum absolute atomic E-state index is 0.00759. The molecule has 0 spiro atoms. The van der Waals surface area contributed by atoms with Crippen molar-refractivity contribution < 1.29 is 9.53 Å². The third-order valence-electron chi connectivity index (χ3n) is 2.96. The smallest absolute Gasteiger partial charge is 0.261 e. The Hall–Kier alpha value is -0.390. The lowest BCUT2D eigenvalue weighted by Gasteiger charge is -2.19. The molecule has 0 radical (unpaired) electrons. The first-order chi connectivity index (χ1) is 8.08. The summed E-state index contributed by atoms with van der Waals surface area (Å²) in [6.07, 6.45) is 2.30. The summed E-state index contributed by atoms with van der Waals surface area (Å²) >= 11 is 4.90. The van der Waals surface area contributed by atoms with Crippen LogP contribution in [-0.4, -0.2) is 24.7 Å². The average molecular weight is 318 g/mol. The Bertz CT molecular complexity index is 393. The summed E-state index contributed by atoms with van der Waals surface area (Å²) < 4.78 is 6.58. The Labute approximate surface area is 114 Å². The number of carbonyl (C=O) groups excluding carboxylic acids is 1. The van der Waals surface area contributed by atoms with Gasteiger partial charge in [0.05, 0.1) is 20.8 Å². The summed E-state index contributed by atoms with van der Waals surface area (Å²) in [6.45, 7) is 4.80. The van der Waals surface area contributed by atoms with Gasteiger partial charge in [-0.15, -0.1) is 11.3 Å². The van der Waals surface area contributed by atoms with Crippen molar-refractivity contribution in [3.8, 4) is 0 Å². The van der Waals surface area contributed by atoms with Gasteiger partial charge in [-0.2, -0.15) is 0 Å². The first-order valence-corrected chi connectivity index (χ1v) is 7.37. The number of hydrogen-bond donors (Lipinski definition) is 1. The van der Waals surface area contributed by atoms with Gasteiger partial charge in [0.15, 0.2) is 0 Å². The molecule has 2 rings (SSSR count). The molecule has 3 nitrogen and oxygen atoms in total. The number of hydrogen-bond acceptors (Lipinski definition) is 3. The Balaban J connectivity index is 1.96. The second kappa shape index (κ2) is 5.50. The third kappa shape index (κ3) is 3.09. The Morgan fingerprint density at radius 1 is 1.71 bits per heavy atom. The standard InChI is InChI=1S/C12H16BrNO2S/c1-7-6-10(17-11(7)13)12(15)14-8(2)9-4-3-5-16-9/h6,8-9H,3-5H2,1-2H3,(H,14,15). The molecule has 2 heterocycles. The molecule has 1 aliphatic heterocycles. The van der Waals surface area contributed by atoms with Crippen LogP contribution >= 0.6 is 27.3 Å². The van der Waals surface area contributed by atoms with E-state index >= 15 is 0 Å². The maximum atomic E-state index is 12.0. The molecule has 1 N–H and O–H groups in total. The van der Waals surface area contributed by atoms with Crippen molar-refractivity contribution >= 4 is 33.2 Å². The molecule has 5 heteroatoms. The van der Waals surface area contributed by atoms with Crippen LogP contribution in [0.1, 0.15) is 35.0 Å². The molecule has 0 aliphatic carbocycles. The maximum absolute atomic E-state index is 12.0. The molecule has 0 bridgehead atoms. The highest BCUT2D eigenvalue weighted by Crippen LogP contribution is 2.27. The minimum atomic E-state index is -0.00759. The van der Waals surface area contributed by atoms with Gasteiger partial charge in [0, 0.05) is 6.61 Å². The zero-order chi connectivity index (χ0) is 12.4. The lowest BCUT2D eigenvalue weighted by atomic mass is 10.1. The molecule has 1 saturated heterocycles. The molecule has 2 unspecified atom stereocenters. The second-order valence-corrected chi connectivity index (χ2v) is 6.75. The first kappa shape index (κ1) is 13.1. The topological polar surface area (TPSA) is 38.3 Å². The van der Waals surface area contributed by atoms with E-state index in [1.165, 1.54) is 11.3 Å². The molecule has 1 aromatic heterocycles. The summed E-state index contributed by atoms with van der Waals surface area (Å²) in [6, 6.07) is 1.98. The highest BCUT2D eigenvalue weighted by atomic mass is 79.9. The van der Waals surface area contributed by atoms with Crippen molar-refractivity contribution in [3.63, 3.8) is 0 Å². The number of rotatable bonds is 3. The van der Waals surface area contributed by atoms with Gasteiger partial charge in [-0.1, -0.05) is 0 Å². The summed E-state index contributed by atoms with van der Waals surface area (Å²) in [5.74, 6) is -0.00759. The fraction of sp³-hybridized carbons (Fsp3) is 0.583. The maximum Gasteiger partial charge on any atom is 0.261 e. The van der Waals surface area contributed by atoms with Gasteiger partial charge in [0.25, 0.3) is 5.91 Å². The number of ether oxygens (including phenoxy) is 1. The van der Waals surface area contributed by atoms with Crippen LogP contribution in [0.4, 0.5) is 0 Å². The summed E-state index contributed by atoms with van der Waals surface area (Å²) in [4.78, 5) is 12.7. The quantitative estimate of drug-likeness (QED) is 0.930. The number of aryl methyl sites for hydroxylation is 1. The molecule has 1 aromatic rings. The molecule has 1 amide bonds. The van der Waals surface area contributed by atoms with Crippen LogP contribution in [-0.2, 0) is 4.74 Å². The minimum Gasteiger partial charge on any atom is -0.376 e. The van der Waals surface area contributed by atoms with E-state index in [1.54, 1.807) is 0 Å². The largest absolute Gasteiger partial charge is 0.376 e. The van der Waals surface area contributed by atoms with Crippen molar-refractivity contribution in [1.82, 2.24) is 5.32 Å². The van der Waals surface area contributed by atoms with Crippen LogP contribution in [0.25, 0.3) is 0 Å². The van der Waals surface area contributed by atoms with Crippen molar-refractivity contribution in [2.75, 3.05) is 6.61 Å². The Morgan fingerprint density at radius 2 is 2.47 bits per heavy atom. The van der Waals surface area contributed by atoms with Crippen LogP contribution in [0, 0.1) is 6.92 Å². The summed E-state index contributed by atoms with van der Waals surface area (Å²) in [7, 11) is 0. The summed E-state index contributed by atoms with van der Waals surface area (Å²) in [5, 5.41) is 3.00. The molecule has 0 saturated carbocycles. The molecule has 0 aromatic carbocycles. The Morgan fingerprint density at radius 3 is 3.00 bits per heavy atom. The zero-order valence-electron chi connectivity index (χ0n) is 9.96. The molecular weight excluding hydrogens is 302 g/mol. The van der Waals surface area contributed by atoms with Gasteiger partial charge in [0.1, 0.15) is 0 Å². The number of nitrogens with one attached hydrogen (secondary N) is 1. The molecule has 2 atom stereocenters. The van der Waals surface area contributed by atoms with E-state index in [1.807, 2.05) is 19.9 Å². The van der Waals surface area contributed by atoms with E-state index in [4.69, 9.17) is 4.74 Å². The van der Waals surface area contributed by atoms with E-state index in [9.17, 15) is 4.79 Å². The van der Waals surface area contributed by atoms with Crippen LogP contribution < -0.4 is 5.32 Å². The van der Waals surface area contributed by atoms with Gasteiger partial charge in [-0.3, -0.25) is 4.79 Å². The lowest BCUT2D eigenvalue weighted by molar-refractivity contribution is 0.0714. The summed E-state index contributed by atoms with van der Waals surface area (Å²) in [5.41, 5.74) is 1.10. The van der Waals surface area contributed by atoms with Gasteiger partial charge in [-0.25, -0.2) is 0 Å². The van der Waals surface area contributed by atoms with Crippen LogP contribution in [0.5, 0.6) is 0 Å². The van der Waals surface area contributed by atoms with Crippen molar-refractivity contribution in [1.29, 1.82) is 0 Å². The van der Waals surface area contributed by atoms with Crippen LogP contribution in [0.3, 0.4) is 0 Å². The highest BCUT2D eigenvalue weighted by molar-refractivity contribution is 9.11. The fourth-order valence-corrected chi connectivity index (χ4v) is 3.38. The zero-order valence-corrected chi connectivity index (χ0v) is 12.4. The lowest BCUT2D eigenvalue weighted by Crippen LogP contribution is -2.40. The van der Waals surface area contributed by atoms with Crippen LogP contribution in [0.2, 0.25) is 0 Å². The SMILES string of the molecule is Cc1cc(C(=O)NC(C)C2CCCO2)sc1Br. The van der Waals surface area contributed by atoms with Crippen LogP contribution in [0.15, 0.2) is 9.85 Å². The van der Waals surface area contributed by atoms with Crippen molar-refractivity contribution in [2.45, 2.75) is 38.8 Å². The van der Waals surface area contributed by atoms with E-state index in [0.717, 1.165) is 33.7 Å². The normalized spacial score (nSPS) is 21.5. The van der Waals surface area contributed by atoms with Gasteiger partial charge in [0.2, 0.25) is 0 Å². The first-order valence-electron chi connectivity index (χ1n) is 5.76. The number of amides is 1. The molecule has 1 aliphatic rings. The third-order valence-corrected chi connectivity index (χ3v) is 5.10. The van der Waals surface area contributed by atoms with Gasteiger partial charge < -0.3 is 10.1 Å². The van der Waals surface area contributed by atoms with Gasteiger partial charge >= 0.3 is 0 Å². The number of carbonyl (C=O) groups is 1. The highest BCUT2D eigenvalue weighted by Gasteiger charge is 2.24. The molecule has 94 valence electrons. The Kier molecular flexibility index (Phi) is 4.22. The van der Waals surface area contributed by atoms with Gasteiger partial charge in [-0.05, 0) is 54.2 Å².